The van der Waals surface area contributed by atoms with Crippen LogP contribution >= 0.6 is 0 Å². The zero-order chi connectivity index (χ0) is 44.1. The highest BCUT2D eigenvalue weighted by Crippen LogP contribution is 2.12. The summed E-state index contributed by atoms with van der Waals surface area (Å²) in [6.45, 7) is 12.8. The van der Waals surface area contributed by atoms with Crippen molar-refractivity contribution in [2.75, 3.05) is 172 Å². The van der Waals surface area contributed by atoms with Crippen LogP contribution in [0.25, 0.3) is 0 Å². The van der Waals surface area contributed by atoms with Gasteiger partial charge < -0.3 is 79.5 Å². The van der Waals surface area contributed by atoms with E-state index in [0.29, 0.717) is 152 Å². The van der Waals surface area contributed by atoms with Gasteiger partial charge in [-0.15, -0.1) is 0 Å². The average molecular weight is 875 g/mol. The molecule has 0 bridgehead atoms. The van der Waals surface area contributed by atoms with E-state index in [0.717, 1.165) is 19.3 Å². The molecule has 0 rings (SSSR count). The van der Waals surface area contributed by atoms with Crippen LogP contribution in [-0.4, -0.2) is 200 Å². The summed E-state index contributed by atoms with van der Waals surface area (Å²) < 4.78 is 59.9. The zero-order valence-electron chi connectivity index (χ0n) is 37.6. The summed E-state index contributed by atoms with van der Waals surface area (Å²) in [7, 11) is 0. The van der Waals surface area contributed by atoms with Crippen molar-refractivity contribution in [1.29, 1.82) is 0 Å². The number of nitrogens with one attached hydrogen (secondary N) is 1. The Labute approximate surface area is 362 Å². The highest BCUT2D eigenvalue weighted by atomic mass is 16.6. The van der Waals surface area contributed by atoms with Gasteiger partial charge in [-0.2, -0.15) is 0 Å². The lowest BCUT2D eigenvalue weighted by atomic mass is 10.0. The maximum atomic E-state index is 12.7. The Morgan fingerprint density at radius 3 is 1.03 bits per heavy atom. The van der Waals surface area contributed by atoms with Crippen molar-refractivity contribution in [3.8, 4) is 0 Å². The van der Waals surface area contributed by atoms with Crippen LogP contribution in [0, 0.1) is 0 Å². The molecule has 362 valence electrons. The summed E-state index contributed by atoms with van der Waals surface area (Å²) in [6.07, 6.45) is 13.4. The number of ether oxygens (including phenoxy) is 11. The Bertz CT molecular complexity index is 799. The Hall–Kier alpha value is -1.01. The zero-order valence-corrected chi connectivity index (χ0v) is 37.6. The van der Waals surface area contributed by atoms with E-state index in [1.54, 1.807) is 0 Å². The lowest BCUT2D eigenvalue weighted by Gasteiger charge is -2.23. The van der Waals surface area contributed by atoms with Crippen molar-refractivity contribution in [1.82, 2.24) is 5.32 Å². The second-order valence-corrected chi connectivity index (χ2v) is 13.7. The second-order valence-electron chi connectivity index (χ2n) is 13.7. The number of hydrogen-bond donors (Lipinski definition) is 6. The van der Waals surface area contributed by atoms with Crippen LogP contribution in [0.2, 0.25) is 0 Å². The Morgan fingerprint density at radius 1 is 0.450 bits per heavy atom. The van der Waals surface area contributed by atoms with Gasteiger partial charge in [-0.25, -0.2) is 0 Å². The third-order valence-electron chi connectivity index (χ3n) is 8.50. The number of Topliss-reactive ketones (excluding diaryl/α,β-unsaturated/α-hetero) is 1. The standard InChI is InChI=1S/C40H82N2O14.C2H8N2/c1-2-3-4-5-6-7-8-9-10-11-12-13-39(45)38(36-41)42-40(37-44)56-35-34-55-33-32-54-31-30-53-29-28-52-27-26-51-25-24-50-23-22-49-21-20-48-19-18-47-17-16-46-15-14-43;3-1-2-4/h38,40,42-44H,2-37,41H2,1H3;1-4H2. The third kappa shape index (κ3) is 51.3. The number of aliphatic hydroxyl groups is 2. The maximum absolute atomic E-state index is 12.7. The first-order chi connectivity index (χ1) is 29.6. The number of carbonyl (C=O) groups is 1. The Morgan fingerprint density at radius 2 is 0.750 bits per heavy atom. The molecular formula is C42H90N4O14. The molecule has 0 aromatic heterocycles. The first-order valence-corrected chi connectivity index (χ1v) is 22.6. The van der Waals surface area contributed by atoms with Crippen molar-refractivity contribution < 1.29 is 67.1 Å². The van der Waals surface area contributed by atoms with Crippen LogP contribution in [0.5, 0.6) is 0 Å². The van der Waals surface area contributed by atoms with Crippen LogP contribution in [0.4, 0.5) is 0 Å². The highest BCUT2D eigenvalue weighted by molar-refractivity contribution is 5.84. The predicted molar refractivity (Wildman–Crippen MR) is 232 cm³/mol. The quantitative estimate of drug-likeness (QED) is 0.0375. The summed E-state index contributed by atoms with van der Waals surface area (Å²) >= 11 is 0. The van der Waals surface area contributed by atoms with Gasteiger partial charge in [0.05, 0.1) is 158 Å². The van der Waals surface area contributed by atoms with Crippen LogP contribution in [0.3, 0.4) is 0 Å². The van der Waals surface area contributed by atoms with Gasteiger partial charge in [0.15, 0.2) is 5.78 Å². The number of ketones is 1. The highest BCUT2D eigenvalue weighted by Gasteiger charge is 2.20. The minimum atomic E-state index is -0.680. The Balaban J connectivity index is 0. The minimum Gasteiger partial charge on any atom is -0.394 e. The lowest BCUT2D eigenvalue weighted by Crippen LogP contribution is -2.50. The molecule has 2 atom stereocenters. The summed E-state index contributed by atoms with van der Waals surface area (Å²) in [5.41, 5.74) is 15.7. The number of nitrogens with two attached hydrogens (primary N) is 3. The fraction of sp³-hybridized carbons (Fsp3) is 0.976. The first-order valence-electron chi connectivity index (χ1n) is 22.6. The summed E-state index contributed by atoms with van der Waals surface area (Å²) in [6, 6.07) is -0.534. The fourth-order valence-electron chi connectivity index (χ4n) is 5.20. The molecular weight excluding hydrogens is 784 g/mol. The molecule has 0 saturated heterocycles. The Kier molecular flexibility index (Phi) is 57.0. The van der Waals surface area contributed by atoms with E-state index in [2.05, 4.69) is 12.2 Å². The van der Waals surface area contributed by atoms with Gasteiger partial charge >= 0.3 is 0 Å². The lowest BCUT2D eigenvalue weighted by molar-refractivity contribution is -0.123. The minimum absolute atomic E-state index is 0.0189. The normalized spacial score (nSPS) is 12.4. The van der Waals surface area contributed by atoms with Gasteiger partial charge in [-0.1, -0.05) is 71.1 Å². The van der Waals surface area contributed by atoms with Crippen LogP contribution in [0.1, 0.15) is 84.0 Å². The number of hydrogen-bond acceptors (Lipinski definition) is 18. The van der Waals surface area contributed by atoms with Crippen LogP contribution < -0.4 is 22.5 Å². The van der Waals surface area contributed by atoms with Crippen molar-refractivity contribution in [2.45, 2.75) is 96.2 Å². The molecule has 9 N–H and O–H groups in total. The van der Waals surface area contributed by atoms with Gasteiger partial charge in [0.1, 0.15) is 6.23 Å². The molecule has 18 nitrogen and oxygen atoms in total. The molecule has 2 unspecified atom stereocenters. The molecule has 0 aromatic rings. The van der Waals surface area contributed by atoms with Crippen LogP contribution in [0.15, 0.2) is 0 Å². The van der Waals surface area contributed by atoms with Gasteiger partial charge in [-0.3, -0.25) is 10.1 Å². The maximum Gasteiger partial charge on any atom is 0.151 e. The van der Waals surface area contributed by atoms with Gasteiger partial charge in [0.25, 0.3) is 0 Å². The number of rotatable bonds is 51. The number of carbonyl (C=O) groups excluding carboxylic acids is 1. The molecule has 18 heteroatoms. The fourth-order valence-corrected chi connectivity index (χ4v) is 5.20. The SMILES string of the molecule is CCCCCCCCCCCCCC(=O)C(CN)NC(CO)OCCOCCOCCOCCOCCOCCOCCOCCOCCOCCOCCO.NCCN. The van der Waals surface area contributed by atoms with Crippen molar-refractivity contribution in [3.63, 3.8) is 0 Å². The molecule has 0 radical (unpaired) electrons. The largest absolute Gasteiger partial charge is 0.394 e. The van der Waals surface area contributed by atoms with Gasteiger partial charge in [0, 0.05) is 26.1 Å². The van der Waals surface area contributed by atoms with Gasteiger partial charge in [-0.05, 0) is 6.42 Å². The van der Waals surface area contributed by atoms with E-state index < -0.39 is 12.3 Å². The van der Waals surface area contributed by atoms with Gasteiger partial charge in [0.2, 0.25) is 0 Å². The average Bonchev–Trinajstić information content (AvgIpc) is 3.26. The molecule has 0 aliphatic carbocycles. The summed E-state index contributed by atoms with van der Waals surface area (Å²) in [5, 5.41) is 21.3. The van der Waals surface area contributed by atoms with Crippen molar-refractivity contribution >= 4 is 5.78 Å². The molecule has 60 heavy (non-hydrogen) atoms. The molecule has 0 spiro atoms. The van der Waals surface area contributed by atoms with E-state index in [9.17, 15) is 9.90 Å². The second kappa shape index (κ2) is 56.0. The van der Waals surface area contributed by atoms with Crippen molar-refractivity contribution in [3.05, 3.63) is 0 Å². The van der Waals surface area contributed by atoms with E-state index in [-0.39, 0.29) is 32.1 Å². The third-order valence-corrected chi connectivity index (χ3v) is 8.50. The molecule has 0 heterocycles. The van der Waals surface area contributed by atoms with Crippen LogP contribution in [-0.2, 0) is 56.9 Å². The van der Waals surface area contributed by atoms with E-state index in [1.165, 1.54) is 51.4 Å². The van der Waals surface area contributed by atoms with E-state index in [1.807, 2.05) is 0 Å². The topological polar surface area (TPSA) is 249 Å². The number of unbranched alkanes of at least 4 members (excludes halogenated alkanes) is 10. The molecule has 0 aromatic carbocycles. The summed E-state index contributed by atoms with van der Waals surface area (Å²) in [4.78, 5) is 12.7. The first kappa shape index (κ1) is 61.1. The summed E-state index contributed by atoms with van der Waals surface area (Å²) in [5.74, 6) is 0.0642. The van der Waals surface area contributed by atoms with E-state index in [4.69, 9.17) is 74.4 Å². The van der Waals surface area contributed by atoms with E-state index >= 15 is 0 Å². The monoisotopic (exact) mass is 875 g/mol. The molecule has 0 saturated carbocycles. The predicted octanol–water partition coefficient (Wildman–Crippen LogP) is 1.57. The number of aliphatic hydroxyl groups excluding tert-OH is 2. The molecule has 0 aliphatic rings. The molecule has 0 fully saturated rings. The molecule has 0 aliphatic heterocycles. The smallest absolute Gasteiger partial charge is 0.151 e. The van der Waals surface area contributed by atoms with Crippen molar-refractivity contribution in [2.24, 2.45) is 17.2 Å². The molecule has 0 amide bonds.